The van der Waals surface area contributed by atoms with Gasteiger partial charge in [0, 0.05) is 17.9 Å². The summed E-state index contributed by atoms with van der Waals surface area (Å²) in [5, 5.41) is 0.497. The monoisotopic (exact) mass is 354 g/mol. The smallest absolute Gasteiger partial charge is 0.244 e. The third kappa shape index (κ3) is 3.37. The van der Waals surface area contributed by atoms with E-state index in [1.54, 1.807) is 0 Å². The molecular weight excluding hydrogens is 336 g/mol. The van der Waals surface area contributed by atoms with Crippen molar-refractivity contribution in [3.63, 3.8) is 0 Å². The highest BCUT2D eigenvalue weighted by Crippen LogP contribution is 2.41. The predicted octanol–water partition coefficient (Wildman–Crippen LogP) is 1.71. The van der Waals surface area contributed by atoms with E-state index in [0.717, 1.165) is 11.4 Å². The molecule has 1 aromatic carbocycles. The lowest BCUT2D eigenvalue weighted by Crippen LogP contribution is -2.37. The van der Waals surface area contributed by atoms with Crippen LogP contribution in [0.5, 0.6) is 5.75 Å². The molecule has 2 fully saturated rings. The number of amidine groups is 1. The summed E-state index contributed by atoms with van der Waals surface area (Å²) in [5.41, 5.74) is 0.825. The van der Waals surface area contributed by atoms with Crippen LogP contribution in [0.3, 0.4) is 0 Å². The average Bonchev–Trinajstić information content (AvgIpc) is 2.90. The molecule has 6 nitrogen and oxygen atoms in total. The Morgan fingerprint density at radius 3 is 2.65 bits per heavy atom. The summed E-state index contributed by atoms with van der Waals surface area (Å²) < 4.78 is 29.3. The highest BCUT2D eigenvalue weighted by atomic mass is 32.2. The van der Waals surface area contributed by atoms with E-state index in [1.165, 1.54) is 18.7 Å². The zero-order valence-electron chi connectivity index (χ0n) is 12.9. The van der Waals surface area contributed by atoms with Crippen LogP contribution in [0.1, 0.15) is 13.8 Å². The Balaban J connectivity index is 1.95. The fourth-order valence-electron chi connectivity index (χ4n) is 2.87. The molecule has 0 aromatic heterocycles. The number of ether oxygens (including phenoxy) is 1. The van der Waals surface area contributed by atoms with E-state index in [2.05, 4.69) is 4.99 Å². The number of thioether (sulfide) groups is 1. The second-order valence-electron chi connectivity index (χ2n) is 5.51. The van der Waals surface area contributed by atoms with Gasteiger partial charge in [0.15, 0.2) is 15.0 Å². The van der Waals surface area contributed by atoms with Crippen molar-refractivity contribution in [3.05, 3.63) is 24.3 Å². The number of hydrogen-bond acceptors (Lipinski definition) is 5. The van der Waals surface area contributed by atoms with Gasteiger partial charge in [-0.15, -0.1) is 0 Å². The zero-order valence-corrected chi connectivity index (χ0v) is 14.6. The number of fused-ring (bicyclic) bond motifs is 1. The summed E-state index contributed by atoms with van der Waals surface area (Å²) in [7, 11) is -3.04. The van der Waals surface area contributed by atoms with Crippen molar-refractivity contribution < 1.29 is 17.9 Å². The van der Waals surface area contributed by atoms with Gasteiger partial charge in [-0.2, -0.15) is 4.99 Å². The maximum atomic E-state index is 11.9. The number of anilines is 1. The summed E-state index contributed by atoms with van der Waals surface area (Å²) in [6.07, 6.45) is 0. The molecule has 0 spiro atoms. The maximum Gasteiger partial charge on any atom is 0.244 e. The lowest BCUT2D eigenvalue weighted by molar-refractivity contribution is -0.115. The van der Waals surface area contributed by atoms with Gasteiger partial charge in [0.2, 0.25) is 5.91 Å². The molecule has 1 amide bonds. The molecule has 0 radical (unpaired) electrons. The van der Waals surface area contributed by atoms with Crippen LogP contribution in [-0.2, 0) is 14.6 Å². The molecule has 8 heteroatoms. The van der Waals surface area contributed by atoms with Crippen molar-refractivity contribution in [1.82, 2.24) is 0 Å². The molecule has 0 saturated carbocycles. The largest absolute Gasteiger partial charge is 0.494 e. The van der Waals surface area contributed by atoms with Crippen molar-refractivity contribution in [1.29, 1.82) is 0 Å². The highest BCUT2D eigenvalue weighted by molar-refractivity contribution is 8.16. The molecule has 2 saturated heterocycles. The van der Waals surface area contributed by atoms with Gasteiger partial charge in [-0.3, -0.25) is 4.79 Å². The molecule has 2 aliphatic heterocycles. The third-order valence-corrected chi connectivity index (χ3v) is 6.96. The highest BCUT2D eigenvalue weighted by Gasteiger charge is 2.49. The van der Waals surface area contributed by atoms with E-state index in [0.29, 0.717) is 11.8 Å². The summed E-state index contributed by atoms with van der Waals surface area (Å²) in [6.45, 7) is 3.89. The Labute approximate surface area is 139 Å². The number of benzene rings is 1. The Morgan fingerprint density at radius 1 is 1.35 bits per heavy atom. The van der Waals surface area contributed by atoms with Gasteiger partial charge < -0.3 is 9.64 Å². The van der Waals surface area contributed by atoms with Crippen LogP contribution in [0, 0.1) is 0 Å². The van der Waals surface area contributed by atoms with Crippen LogP contribution in [0.25, 0.3) is 0 Å². The Bertz CT molecular complexity index is 743. The minimum atomic E-state index is -3.04. The van der Waals surface area contributed by atoms with Crippen molar-refractivity contribution in [2.75, 3.05) is 23.0 Å². The first-order chi connectivity index (χ1) is 10.9. The molecule has 124 valence electrons. The minimum absolute atomic E-state index is 0.0790. The molecule has 1 aromatic rings. The van der Waals surface area contributed by atoms with Crippen molar-refractivity contribution in [2.45, 2.75) is 25.1 Å². The van der Waals surface area contributed by atoms with Crippen LogP contribution in [0.4, 0.5) is 5.69 Å². The molecule has 3 rings (SSSR count). The first-order valence-corrected chi connectivity index (χ1v) is 10.1. The molecular formula is C15H18N2O4S2. The maximum absolute atomic E-state index is 11.9. The zero-order chi connectivity index (χ0) is 16.6. The third-order valence-electron chi connectivity index (χ3n) is 3.75. The van der Waals surface area contributed by atoms with Gasteiger partial charge in [-0.05, 0) is 31.2 Å². The van der Waals surface area contributed by atoms with Crippen LogP contribution >= 0.6 is 11.8 Å². The molecule has 0 unspecified atom stereocenters. The first-order valence-electron chi connectivity index (χ1n) is 7.38. The van der Waals surface area contributed by atoms with Crippen molar-refractivity contribution >= 4 is 38.4 Å². The van der Waals surface area contributed by atoms with E-state index in [-0.39, 0.29) is 28.7 Å². The van der Waals surface area contributed by atoms with Gasteiger partial charge >= 0.3 is 0 Å². The minimum Gasteiger partial charge on any atom is -0.494 e. The van der Waals surface area contributed by atoms with Gasteiger partial charge in [0.25, 0.3) is 0 Å². The van der Waals surface area contributed by atoms with E-state index < -0.39 is 9.84 Å². The normalized spacial score (nSPS) is 27.2. The van der Waals surface area contributed by atoms with Gasteiger partial charge in [0.1, 0.15) is 5.75 Å². The summed E-state index contributed by atoms with van der Waals surface area (Å²) in [4.78, 5) is 17.3. The molecule has 2 atom stereocenters. The summed E-state index contributed by atoms with van der Waals surface area (Å²) in [5.74, 6) is 0.691. The molecule has 0 bridgehead atoms. The fourth-order valence-corrected chi connectivity index (χ4v) is 6.83. The molecule has 2 heterocycles. The lowest BCUT2D eigenvalue weighted by atomic mass is 10.2. The van der Waals surface area contributed by atoms with Crippen molar-refractivity contribution in [3.8, 4) is 5.75 Å². The standard InChI is InChI=1S/C15H18N2O4S2/c1-3-21-12-6-4-11(5-7-12)17-13-8-23(19,20)9-14(13)22-15(17)16-10(2)18/h4-7,13-14H,3,8-9H2,1-2H3/t13-,14+/m0/s1. The number of nitrogens with zero attached hydrogens (tertiary/aromatic N) is 2. The lowest BCUT2D eigenvalue weighted by Gasteiger charge is -2.24. The van der Waals surface area contributed by atoms with E-state index >= 15 is 0 Å². The summed E-state index contributed by atoms with van der Waals surface area (Å²) >= 11 is 1.37. The Kier molecular flexibility index (Phi) is 4.37. The number of carbonyl (C=O) groups is 1. The second-order valence-corrected chi connectivity index (χ2v) is 8.87. The average molecular weight is 354 g/mol. The van der Waals surface area contributed by atoms with Crippen LogP contribution in [0.15, 0.2) is 29.3 Å². The van der Waals surface area contributed by atoms with Crippen LogP contribution in [0.2, 0.25) is 0 Å². The first kappa shape index (κ1) is 16.3. The number of aliphatic imine (C=N–C) groups is 1. The number of carbonyl (C=O) groups excluding carboxylic acids is 1. The molecule has 23 heavy (non-hydrogen) atoms. The van der Waals surface area contributed by atoms with Crippen LogP contribution in [-0.4, -0.2) is 48.9 Å². The molecule has 0 N–H and O–H groups in total. The Hall–Kier alpha value is -1.54. The van der Waals surface area contributed by atoms with Gasteiger partial charge in [0.05, 0.1) is 24.2 Å². The molecule has 0 aliphatic carbocycles. The quantitative estimate of drug-likeness (QED) is 0.822. The number of hydrogen-bond donors (Lipinski definition) is 0. The van der Waals surface area contributed by atoms with E-state index in [4.69, 9.17) is 4.74 Å². The van der Waals surface area contributed by atoms with E-state index in [9.17, 15) is 13.2 Å². The van der Waals surface area contributed by atoms with Crippen LogP contribution < -0.4 is 9.64 Å². The SMILES string of the molecule is CCOc1ccc(N2C(=NC(C)=O)S[C@@H]3CS(=O)(=O)C[C@@H]32)cc1. The Morgan fingerprint density at radius 2 is 2.04 bits per heavy atom. The summed E-state index contributed by atoms with van der Waals surface area (Å²) in [6, 6.07) is 7.24. The second kappa shape index (κ2) is 6.16. The van der Waals surface area contributed by atoms with E-state index in [1.807, 2.05) is 36.1 Å². The van der Waals surface area contributed by atoms with Gasteiger partial charge in [-0.1, -0.05) is 11.8 Å². The molecule has 2 aliphatic rings. The van der Waals surface area contributed by atoms with Gasteiger partial charge in [-0.25, -0.2) is 8.42 Å². The number of sulfone groups is 1. The predicted molar refractivity (Wildman–Crippen MR) is 92.0 cm³/mol. The topological polar surface area (TPSA) is 76.0 Å². The fraction of sp³-hybridized carbons (Fsp3) is 0.467. The number of amides is 1. The van der Waals surface area contributed by atoms with Crippen molar-refractivity contribution in [2.24, 2.45) is 4.99 Å². The number of rotatable bonds is 3.